The predicted octanol–water partition coefficient (Wildman–Crippen LogP) is 5.81. The molecular formula is C29H28ClFN4O4. The van der Waals surface area contributed by atoms with Gasteiger partial charge in [0.15, 0.2) is 0 Å². The predicted molar refractivity (Wildman–Crippen MR) is 149 cm³/mol. The molecule has 0 aliphatic carbocycles. The molecule has 3 aromatic carbocycles. The molecule has 1 heterocycles. The lowest BCUT2D eigenvalue weighted by Gasteiger charge is -2.12. The molecule has 3 amide bonds. The van der Waals surface area contributed by atoms with E-state index in [4.69, 9.17) is 16.3 Å². The van der Waals surface area contributed by atoms with E-state index in [1.165, 1.54) is 31.4 Å². The minimum Gasteiger partial charge on any atom is -0.364 e. The van der Waals surface area contributed by atoms with Crippen molar-refractivity contribution in [1.82, 2.24) is 9.88 Å². The summed E-state index contributed by atoms with van der Waals surface area (Å²) in [4.78, 5) is 38.0. The first-order chi connectivity index (χ1) is 18.7. The van der Waals surface area contributed by atoms with Crippen molar-refractivity contribution in [3.63, 3.8) is 0 Å². The van der Waals surface area contributed by atoms with Crippen molar-refractivity contribution < 1.29 is 23.5 Å². The van der Waals surface area contributed by atoms with Gasteiger partial charge in [0.25, 0.3) is 11.8 Å². The first-order valence-electron chi connectivity index (χ1n) is 12.2. The van der Waals surface area contributed by atoms with E-state index in [9.17, 15) is 18.8 Å². The van der Waals surface area contributed by atoms with Crippen LogP contribution in [0.2, 0.25) is 5.02 Å². The van der Waals surface area contributed by atoms with E-state index >= 15 is 0 Å². The van der Waals surface area contributed by atoms with Gasteiger partial charge in [0, 0.05) is 36.3 Å². The van der Waals surface area contributed by atoms with Crippen LogP contribution in [0.5, 0.6) is 0 Å². The summed E-state index contributed by atoms with van der Waals surface area (Å²) in [5, 5.41) is 9.40. The molecule has 0 aliphatic heterocycles. The van der Waals surface area contributed by atoms with Crippen LogP contribution in [0.4, 0.5) is 15.8 Å². The van der Waals surface area contributed by atoms with Crippen molar-refractivity contribution in [3.05, 3.63) is 94.4 Å². The minimum absolute atomic E-state index is 0.0876. The Hall–Kier alpha value is -4.21. The van der Waals surface area contributed by atoms with Crippen LogP contribution in [0.15, 0.2) is 66.7 Å². The summed E-state index contributed by atoms with van der Waals surface area (Å²) in [6.07, 6.45) is 0. The third-order valence-electron chi connectivity index (χ3n) is 6.02. The number of hydrogen-bond acceptors (Lipinski definition) is 4. The van der Waals surface area contributed by atoms with Crippen LogP contribution in [0.25, 0.3) is 10.9 Å². The fourth-order valence-electron chi connectivity index (χ4n) is 3.98. The molecule has 0 saturated heterocycles. The van der Waals surface area contributed by atoms with Crippen LogP contribution in [-0.2, 0) is 22.8 Å². The molecule has 0 aliphatic rings. The maximum atomic E-state index is 13.2. The van der Waals surface area contributed by atoms with Gasteiger partial charge in [0.1, 0.15) is 18.2 Å². The smallest absolute Gasteiger partial charge is 0.272 e. The number of hydrogen-bond donors (Lipinski definition) is 3. The maximum Gasteiger partial charge on any atom is 0.272 e. The molecule has 0 radical (unpaired) electrons. The lowest BCUT2D eigenvalue weighted by atomic mass is 10.1. The normalized spacial score (nSPS) is 11.0. The summed E-state index contributed by atoms with van der Waals surface area (Å²) in [5.41, 5.74) is 3.01. The fourth-order valence-corrected chi connectivity index (χ4v) is 4.18. The topological polar surface area (TPSA) is 101 Å². The second-order valence-corrected chi connectivity index (χ2v) is 9.66. The van der Waals surface area contributed by atoms with Gasteiger partial charge < -0.3 is 25.3 Å². The molecule has 0 atom stereocenters. The average Bonchev–Trinajstić information content (AvgIpc) is 3.27. The number of nitrogens with zero attached hydrogens (tertiary/aromatic N) is 1. The van der Waals surface area contributed by atoms with Gasteiger partial charge >= 0.3 is 0 Å². The molecule has 4 rings (SSSR count). The number of anilines is 2. The summed E-state index contributed by atoms with van der Waals surface area (Å²) in [5.74, 6) is -1.45. The van der Waals surface area contributed by atoms with Gasteiger partial charge in [-0.25, -0.2) is 4.39 Å². The third-order valence-corrected chi connectivity index (χ3v) is 6.35. The highest BCUT2D eigenvalue weighted by Crippen LogP contribution is 2.26. The first-order valence-corrected chi connectivity index (χ1v) is 12.6. The highest BCUT2D eigenvalue weighted by molar-refractivity contribution is 6.34. The number of benzene rings is 3. The van der Waals surface area contributed by atoms with Crippen molar-refractivity contribution in [2.75, 3.05) is 17.7 Å². The zero-order valence-electron chi connectivity index (χ0n) is 21.7. The third kappa shape index (κ3) is 6.63. The molecule has 0 fully saturated rings. The molecule has 1 aromatic heterocycles. The van der Waals surface area contributed by atoms with Crippen LogP contribution >= 0.6 is 11.6 Å². The van der Waals surface area contributed by atoms with Gasteiger partial charge in [0.05, 0.1) is 16.1 Å². The van der Waals surface area contributed by atoms with Gasteiger partial charge in [0.2, 0.25) is 5.91 Å². The monoisotopic (exact) mass is 550 g/mol. The van der Waals surface area contributed by atoms with Gasteiger partial charge in [-0.3, -0.25) is 14.4 Å². The van der Waals surface area contributed by atoms with E-state index in [-0.39, 0.29) is 35.7 Å². The Morgan fingerprint density at radius 1 is 0.923 bits per heavy atom. The lowest BCUT2D eigenvalue weighted by Crippen LogP contribution is -2.27. The van der Waals surface area contributed by atoms with Crippen molar-refractivity contribution in [1.29, 1.82) is 0 Å². The molecule has 39 heavy (non-hydrogen) atoms. The van der Waals surface area contributed by atoms with Crippen molar-refractivity contribution in [2.45, 2.75) is 27.1 Å². The van der Waals surface area contributed by atoms with Crippen LogP contribution in [0, 0.1) is 11.7 Å². The Bertz CT molecular complexity index is 1530. The van der Waals surface area contributed by atoms with Crippen LogP contribution in [0.3, 0.4) is 0 Å². The molecule has 0 unspecified atom stereocenters. The van der Waals surface area contributed by atoms with E-state index in [0.29, 0.717) is 22.5 Å². The van der Waals surface area contributed by atoms with Crippen molar-refractivity contribution >= 4 is 51.6 Å². The largest absolute Gasteiger partial charge is 0.364 e. The number of rotatable bonds is 9. The number of amides is 3. The second-order valence-electron chi connectivity index (χ2n) is 9.25. The van der Waals surface area contributed by atoms with Crippen molar-refractivity contribution in [3.8, 4) is 0 Å². The number of fused-ring (bicyclic) bond motifs is 1. The van der Waals surface area contributed by atoms with E-state index in [0.717, 1.165) is 11.1 Å². The molecule has 8 nitrogen and oxygen atoms in total. The van der Waals surface area contributed by atoms with Gasteiger partial charge in [-0.05, 0) is 66.2 Å². The Morgan fingerprint density at radius 3 is 2.31 bits per heavy atom. The van der Waals surface area contributed by atoms with Gasteiger partial charge in [-0.15, -0.1) is 0 Å². The van der Waals surface area contributed by atoms with E-state index < -0.39 is 17.6 Å². The van der Waals surface area contributed by atoms with Gasteiger partial charge in [-0.2, -0.15) is 0 Å². The molecule has 4 aromatic rings. The highest BCUT2D eigenvalue weighted by Gasteiger charge is 2.18. The number of carbonyl (C=O) groups excluding carboxylic acids is 3. The zero-order valence-corrected chi connectivity index (χ0v) is 22.4. The average molecular weight is 551 g/mol. The van der Waals surface area contributed by atoms with E-state index in [1.807, 2.05) is 0 Å². The molecule has 202 valence electrons. The number of methoxy groups -OCH3 is 1. The van der Waals surface area contributed by atoms with Crippen LogP contribution in [0.1, 0.15) is 40.3 Å². The van der Waals surface area contributed by atoms with E-state index in [1.54, 1.807) is 60.9 Å². The number of halogens is 2. The van der Waals surface area contributed by atoms with Crippen LogP contribution < -0.4 is 16.0 Å². The SMILES string of the molecule is COCn1c(C(=O)Nc2ccc(F)cc2)cc2cc(NC(=O)c3cc(CNC(=O)C(C)C)ccc3Cl)ccc21. The van der Waals surface area contributed by atoms with Crippen molar-refractivity contribution in [2.24, 2.45) is 5.92 Å². The number of ether oxygens (including phenoxy) is 1. The Balaban J connectivity index is 1.55. The summed E-state index contributed by atoms with van der Waals surface area (Å²) in [7, 11) is 1.52. The Morgan fingerprint density at radius 2 is 1.62 bits per heavy atom. The van der Waals surface area contributed by atoms with Crippen LogP contribution in [-0.4, -0.2) is 29.4 Å². The summed E-state index contributed by atoms with van der Waals surface area (Å²) >= 11 is 6.30. The first kappa shape index (κ1) is 27.8. The second kappa shape index (κ2) is 12.1. The standard InChI is InChI=1S/C29H28ClFN4O4/c1-17(2)27(36)32-15-18-4-10-24(30)23(12-18)28(37)34-22-9-11-25-19(13-22)14-26(35(25)16-39-3)29(38)33-21-7-5-20(31)6-8-21/h4-14,17H,15-16H2,1-3H3,(H,32,36)(H,33,38)(H,34,37). The lowest BCUT2D eigenvalue weighted by molar-refractivity contribution is -0.124. The number of aromatic nitrogens is 1. The van der Waals surface area contributed by atoms with E-state index in [2.05, 4.69) is 16.0 Å². The Kier molecular flexibility index (Phi) is 8.63. The molecule has 0 spiro atoms. The summed E-state index contributed by atoms with van der Waals surface area (Å²) in [6.45, 7) is 4.00. The minimum atomic E-state index is -0.415. The fraction of sp³-hybridized carbons (Fsp3) is 0.207. The molecule has 0 saturated carbocycles. The summed E-state index contributed by atoms with van der Waals surface area (Å²) in [6, 6.07) is 17.4. The zero-order chi connectivity index (χ0) is 28.1. The summed E-state index contributed by atoms with van der Waals surface area (Å²) < 4.78 is 20.2. The molecule has 0 bridgehead atoms. The van der Waals surface area contributed by atoms with Gasteiger partial charge in [-0.1, -0.05) is 31.5 Å². The Labute approximate surface area is 230 Å². The molecule has 10 heteroatoms. The number of nitrogens with one attached hydrogen (secondary N) is 3. The quantitative estimate of drug-likeness (QED) is 0.244. The molecular weight excluding hydrogens is 523 g/mol. The number of carbonyl (C=O) groups is 3. The molecule has 3 N–H and O–H groups in total. The maximum absolute atomic E-state index is 13.2. The highest BCUT2D eigenvalue weighted by atomic mass is 35.5.